The molecule has 100 valence electrons. The predicted octanol–water partition coefficient (Wildman–Crippen LogP) is 2.75. The van der Waals surface area contributed by atoms with Gasteiger partial charge in [0.2, 0.25) is 0 Å². The first-order valence-corrected chi connectivity index (χ1v) is 7.03. The standard InChI is InChI=1S/C16H20N2O/c1-2-14(12-19-7-1)10-18-9-13-3-4-16-11-17-6-5-15(16)8-13/h3-6,8,11,14,18H,1-2,7,9-10,12H2. The van der Waals surface area contributed by atoms with Gasteiger partial charge in [0.05, 0.1) is 6.61 Å². The van der Waals surface area contributed by atoms with Crippen molar-refractivity contribution in [3.63, 3.8) is 0 Å². The Morgan fingerprint density at radius 2 is 2.26 bits per heavy atom. The van der Waals surface area contributed by atoms with Crippen LogP contribution in [0.1, 0.15) is 18.4 Å². The van der Waals surface area contributed by atoms with Crippen LogP contribution in [-0.2, 0) is 11.3 Å². The summed E-state index contributed by atoms with van der Waals surface area (Å²) in [6.45, 7) is 3.83. The Morgan fingerprint density at radius 1 is 1.26 bits per heavy atom. The topological polar surface area (TPSA) is 34.1 Å². The smallest absolute Gasteiger partial charge is 0.0506 e. The van der Waals surface area contributed by atoms with E-state index in [2.05, 4.69) is 34.6 Å². The van der Waals surface area contributed by atoms with Crippen LogP contribution in [0.5, 0.6) is 0 Å². The average Bonchev–Trinajstić information content (AvgIpc) is 2.48. The second kappa shape index (κ2) is 6.13. The van der Waals surface area contributed by atoms with Crippen molar-refractivity contribution >= 4 is 10.8 Å². The van der Waals surface area contributed by atoms with Gasteiger partial charge < -0.3 is 10.1 Å². The monoisotopic (exact) mass is 256 g/mol. The first-order valence-electron chi connectivity index (χ1n) is 7.03. The molecule has 3 rings (SSSR count). The lowest BCUT2D eigenvalue weighted by Gasteiger charge is -2.22. The maximum atomic E-state index is 5.50. The third-order valence-electron chi connectivity index (χ3n) is 3.72. The van der Waals surface area contributed by atoms with Crippen LogP contribution in [0.15, 0.2) is 36.7 Å². The molecule has 1 aliphatic heterocycles. The lowest BCUT2D eigenvalue weighted by atomic mass is 10.0. The summed E-state index contributed by atoms with van der Waals surface area (Å²) < 4.78 is 5.50. The second-order valence-electron chi connectivity index (χ2n) is 5.27. The molecule has 0 saturated carbocycles. The zero-order valence-electron chi connectivity index (χ0n) is 11.1. The molecule has 1 aromatic carbocycles. The molecule has 0 amide bonds. The third-order valence-corrected chi connectivity index (χ3v) is 3.72. The summed E-state index contributed by atoms with van der Waals surface area (Å²) >= 11 is 0. The van der Waals surface area contributed by atoms with Crippen LogP contribution >= 0.6 is 0 Å². The van der Waals surface area contributed by atoms with Gasteiger partial charge in [0.1, 0.15) is 0 Å². The van der Waals surface area contributed by atoms with E-state index in [1.54, 1.807) is 0 Å². The minimum absolute atomic E-state index is 0.679. The van der Waals surface area contributed by atoms with E-state index in [1.807, 2.05) is 12.4 Å². The molecule has 0 radical (unpaired) electrons. The van der Waals surface area contributed by atoms with Crippen molar-refractivity contribution in [3.8, 4) is 0 Å². The highest BCUT2D eigenvalue weighted by molar-refractivity contribution is 5.81. The molecule has 0 spiro atoms. The SMILES string of the molecule is c1cc2cc(CNCC3CCCOC3)ccc2cn1. The Hall–Kier alpha value is -1.45. The largest absolute Gasteiger partial charge is 0.381 e. The maximum Gasteiger partial charge on any atom is 0.0506 e. The minimum atomic E-state index is 0.679. The fourth-order valence-corrected chi connectivity index (χ4v) is 2.63. The molecule has 1 saturated heterocycles. The van der Waals surface area contributed by atoms with E-state index in [9.17, 15) is 0 Å². The Kier molecular flexibility index (Phi) is 4.06. The van der Waals surface area contributed by atoms with Gasteiger partial charge in [-0.1, -0.05) is 12.1 Å². The summed E-state index contributed by atoms with van der Waals surface area (Å²) in [6, 6.07) is 8.62. The molecular formula is C16H20N2O. The normalized spacial score (nSPS) is 19.7. The zero-order chi connectivity index (χ0) is 12.9. The van der Waals surface area contributed by atoms with Gasteiger partial charge >= 0.3 is 0 Å². The molecule has 3 heteroatoms. The van der Waals surface area contributed by atoms with E-state index < -0.39 is 0 Å². The van der Waals surface area contributed by atoms with E-state index in [4.69, 9.17) is 4.74 Å². The van der Waals surface area contributed by atoms with Crippen LogP contribution in [0.3, 0.4) is 0 Å². The average molecular weight is 256 g/mol. The summed E-state index contributed by atoms with van der Waals surface area (Å²) in [5.41, 5.74) is 1.33. The van der Waals surface area contributed by atoms with Gasteiger partial charge in [0.25, 0.3) is 0 Å². The molecule has 1 fully saturated rings. The lowest BCUT2D eigenvalue weighted by Crippen LogP contribution is -2.28. The summed E-state index contributed by atoms with van der Waals surface area (Å²) in [7, 11) is 0. The van der Waals surface area contributed by atoms with Crippen molar-refractivity contribution in [2.75, 3.05) is 19.8 Å². The van der Waals surface area contributed by atoms with Gasteiger partial charge in [-0.05, 0) is 41.8 Å². The molecule has 2 aromatic rings. The van der Waals surface area contributed by atoms with Crippen molar-refractivity contribution in [1.29, 1.82) is 0 Å². The second-order valence-corrected chi connectivity index (χ2v) is 5.27. The van der Waals surface area contributed by atoms with Crippen LogP contribution in [0.2, 0.25) is 0 Å². The molecule has 19 heavy (non-hydrogen) atoms. The molecule has 2 heterocycles. The molecule has 1 aliphatic rings. The predicted molar refractivity (Wildman–Crippen MR) is 77.0 cm³/mol. The Bertz CT molecular complexity index is 535. The molecule has 1 unspecified atom stereocenters. The van der Waals surface area contributed by atoms with Gasteiger partial charge in [-0.3, -0.25) is 4.98 Å². The fraction of sp³-hybridized carbons (Fsp3) is 0.438. The highest BCUT2D eigenvalue weighted by atomic mass is 16.5. The van der Waals surface area contributed by atoms with Gasteiger partial charge in [0, 0.05) is 37.5 Å². The van der Waals surface area contributed by atoms with Gasteiger partial charge in [-0.25, -0.2) is 0 Å². The van der Waals surface area contributed by atoms with Gasteiger partial charge in [-0.15, -0.1) is 0 Å². The zero-order valence-corrected chi connectivity index (χ0v) is 11.1. The maximum absolute atomic E-state index is 5.50. The number of fused-ring (bicyclic) bond motifs is 1. The van der Waals surface area contributed by atoms with Crippen LogP contribution in [-0.4, -0.2) is 24.7 Å². The number of benzene rings is 1. The highest BCUT2D eigenvalue weighted by Gasteiger charge is 2.12. The fourth-order valence-electron chi connectivity index (χ4n) is 2.63. The first-order chi connectivity index (χ1) is 9.42. The van der Waals surface area contributed by atoms with Crippen LogP contribution in [0.25, 0.3) is 10.8 Å². The Morgan fingerprint density at radius 3 is 3.16 bits per heavy atom. The minimum Gasteiger partial charge on any atom is -0.381 e. The molecule has 0 bridgehead atoms. The molecule has 1 N–H and O–H groups in total. The van der Waals surface area contributed by atoms with E-state index in [-0.39, 0.29) is 0 Å². The quantitative estimate of drug-likeness (QED) is 0.913. The van der Waals surface area contributed by atoms with Crippen molar-refractivity contribution in [3.05, 3.63) is 42.2 Å². The number of nitrogens with zero attached hydrogens (tertiary/aromatic N) is 1. The van der Waals surface area contributed by atoms with Gasteiger partial charge in [-0.2, -0.15) is 0 Å². The molecule has 3 nitrogen and oxygen atoms in total. The van der Waals surface area contributed by atoms with Crippen molar-refractivity contribution < 1.29 is 4.74 Å². The van der Waals surface area contributed by atoms with Crippen LogP contribution in [0.4, 0.5) is 0 Å². The van der Waals surface area contributed by atoms with Crippen molar-refractivity contribution in [1.82, 2.24) is 10.3 Å². The number of pyridine rings is 1. The van der Waals surface area contributed by atoms with Crippen LogP contribution < -0.4 is 5.32 Å². The number of ether oxygens (including phenoxy) is 1. The summed E-state index contributed by atoms with van der Waals surface area (Å²) in [4.78, 5) is 4.14. The van der Waals surface area contributed by atoms with Crippen molar-refractivity contribution in [2.45, 2.75) is 19.4 Å². The number of rotatable bonds is 4. The molecule has 0 aliphatic carbocycles. The van der Waals surface area contributed by atoms with E-state index >= 15 is 0 Å². The Balaban J connectivity index is 1.56. The van der Waals surface area contributed by atoms with E-state index in [0.717, 1.165) is 26.3 Å². The van der Waals surface area contributed by atoms with Gasteiger partial charge in [0.15, 0.2) is 0 Å². The number of hydrogen-bond donors (Lipinski definition) is 1. The Labute approximate surface area is 114 Å². The van der Waals surface area contributed by atoms with Crippen LogP contribution in [0, 0.1) is 5.92 Å². The van der Waals surface area contributed by atoms with Crippen molar-refractivity contribution in [2.24, 2.45) is 5.92 Å². The lowest BCUT2D eigenvalue weighted by molar-refractivity contribution is 0.0547. The molecular weight excluding hydrogens is 236 g/mol. The highest BCUT2D eigenvalue weighted by Crippen LogP contribution is 2.15. The third kappa shape index (κ3) is 3.31. The van der Waals surface area contributed by atoms with E-state index in [1.165, 1.54) is 29.2 Å². The summed E-state index contributed by atoms with van der Waals surface area (Å²) in [5.74, 6) is 0.679. The summed E-state index contributed by atoms with van der Waals surface area (Å²) in [6.07, 6.45) is 6.25. The molecule has 1 aromatic heterocycles. The number of nitrogens with one attached hydrogen (secondary N) is 1. The number of hydrogen-bond acceptors (Lipinski definition) is 3. The number of aromatic nitrogens is 1. The first kappa shape index (κ1) is 12.6. The summed E-state index contributed by atoms with van der Waals surface area (Å²) in [5, 5.41) is 6.00. The molecule has 1 atom stereocenters. The van der Waals surface area contributed by atoms with E-state index in [0.29, 0.717) is 5.92 Å².